The third-order valence-corrected chi connectivity index (χ3v) is 3.43. The molecule has 3 N–H and O–H groups in total. The molecule has 0 spiro atoms. The zero-order valence-electron chi connectivity index (χ0n) is 11.4. The van der Waals surface area contributed by atoms with Gasteiger partial charge in [-0.25, -0.2) is 4.98 Å². The largest absolute Gasteiger partial charge is 0.454 e. The number of hydrogen-bond donors (Lipinski definition) is 2. The van der Waals surface area contributed by atoms with E-state index >= 15 is 0 Å². The number of unbranched alkanes of at least 4 members (excludes halogenated alkanes) is 2. The molecule has 1 aliphatic heterocycles. The van der Waals surface area contributed by atoms with E-state index in [9.17, 15) is 0 Å². The molecule has 20 heavy (non-hydrogen) atoms. The van der Waals surface area contributed by atoms with Gasteiger partial charge in [0, 0.05) is 18.1 Å². The maximum atomic E-state index is 5.49. The molecule has 0 fully saturated rings. The van der Waals surface area contributed by atoms with Gasteiger partial charge < -0.3 is 20.5 Å². The summed E-state index contributed by atoms with van der Waals surface area (Å²) in [7, 11) is 0. The predicted octanol–water partition coefficient (Wildman–Crippen LogP) is 2.50. The quantitative estimate of drug-likeness (QED) is 0.791. The van der Waals surface area contributed by atoms with Crippen LogP contribution in [0.15, 0.2) is 24.4 Å². The van der Waals surface area contributed by atoms with Gasteiger partial charge in [0.2, 0.25) is 6.79 Å². The van der Waals surface area contributed by atoms with Crippen molar-refractivity contribution >= 4 is 16.6 Å². The van der Waals surface area contributed by atoms with Crippen molar-refractivity contribution in [1.29, 1.82) is 0 Å². The van der Waals surface area contributed by atoms with Gasteiger partial charge >= 0.3 is 0 Å². The molecule has 0 amide bonds. The number of hydrogen-bond acceptors (Lipinski definition) is 5. The summed E-state index contributed by atoms with van der Waals surface area (Å²) < 4.78 is 10.8. The Morgan fingerprint density at radius 3 is 2.85 bits per heavy atom. The van der Waals surface area contributed by atoms with Gasteiger partial charge in [0.1, 0.15) is 5.82 Å². The number of nitrogens with one attached hydrogen (secondary N) is 1. The van der Waals surface area contributed by atoms with Crippen LogP contribution in [-0.2, 0) is 0 Å². The smallest absolute Gasteiger partial charge is 0.231 e. The van der Waals surface area contributed by atoms with Gasteiger partial charge in [-0.3, -0.25) is 0 Å². The average Bonchev–Trinajstić information content (AvgIpc) is 2.92. The lowest BCUT2D eigenvalue weighted by molar-refractivity contribution is 0.174. The Hall–Kier alpha value is -2.01. The molecule has 106 valence electrons. The van der Waals surface area contributed by atoms with E-state index in [1.54, 1.807) is 0 Å². The molecular formula is C15H19N3O2. The molecule has 1 aromatic carbocycles. The standard InChI is InChI=1S/C15H19N3O2/c16-5-2-1-3-6-17-15-12-9-14-13(19-10-20-14)8-11(12)4-7-18-15/h4,7-9H,1-3,5-6,10,16H2,(H,17,18). The first-order chi connectivity index (χ1) is 9.88. The summed E-state index contributed by atoms with van der Waals surface area (Å²) in [6.45, 7) is 1.96. The van der Waals surface area contributed by atoms with Crippen LogP contribution in [0, 0.1) is 0 Å². The molecule has 5 heteroatoms. The highest BCUT2D eigenvalue weighted by Crippen LogP contribution is 2.37. The summed E-state index contributed by atoms with van der Waals surface area (Å²) in [5, 5.41) is 5.56. The second-order valence-electron chi connectivity index (χ2n) is 4.86. The molecule has 0 unspecified atom stereocenters. The van der Waals surface area contributed by atoms with Gasteiger partial charge in [-0.2, -0.15) is 0 Å². The molecule has 0 bridgehead atoms. The van der Waals surface area contributed by atoms with Crippen LogP contribution in [0.4, 0.5) is 5.82 Å². The van der Waals surface area contributed by atoms with Crippen LogP contribution in [0.1, 0.15) is 19.3 Å². The van der Waals surface area contributed by atoms with E-state index < -0.39 is 0 Å². The molecular weight excluding hydrogens is 254 g/mol. The summed E-state index contributed by atoms with van der Waals surface area (Å²) in [5.41, 5.74) is 5.49. The number of rotatable bonds is 6. The van der Waals surface area contributed by atoms with E-state index in [4.69, 9.17) is 15.2 Å². The summed E-state index contributed by atoms with van der Waals surface area (Å²) in [5.74, 6) is 2.49. The van der Waals surface area contributed by atoms with Crippen molar-refractivity contribution < 1.29 is 9.47 Å². The lowest BCUT2D eigenvalue weighted by Crippen LogP contribution is -2.05. The zero-order valence-corrected chi connectivity index (χ0v) is 11.4. The fourth-order valence-electron chi connectivity index (χ4n) is 2.36. The van der Waals surface area contributed by atoms with Gasteiger partial charge in [0.05, 0.1) is 0 Å². The molecule has 5 nitrogen and oxygen atoms in total. The summed E-state index contributed by atoms with van der Waals surface area (Å²) in [6, 6.07) is 5.97. The van der Waals surface area contributed by atoms with Crippen molar-refractivity contribution in [2.45, 2.75) is 19.3 Å². The predicted molar refractivity (Wildman–Crippen MR) is 79.3 cm³/mol. The monoisotopic (exact) mass is 273 g/mol. The number of pyridine rings is 1. The first-order valence-corrected chi connectivity index (χ1v) is 7.01. The van der Waals surface area contributed by atoms with Crippen molar-refractivity contribution in [2.24, 2.45) is 5.73 Å². The Bertz CT molecular complexity index is 601. The highest BCUT2D eigenvalue weighted by atomic mass is 16.7. The molecule has 1 aliphatic rings. The zero-order chi connectivity index (χ0) is 13.8. The van der Waals surface area contributed by atoms with E-state index in [0.29, 0.717) is 6.79 Å². The van der Waals surface area contributed by atoms with Crippen LogP contribution in [-0.4, -0.2) is 24.9 Å². The van der Waals surface area contributed by atoms with Crippen molar-refractivity contribution in [3.63, 3.8) is 0 Å². The average molecular weight is 273 g/mol. The van der Waals surface area contributed by atoms with E-state index in [1.807, 2.05) is 24.4 Å². The third kappa shape index (κ3) is 2.63. The molecule has 1 aromatic heterocycles. The second-order valence-corrected chi connectivity index (χ2v) is 4.86. The highest BCUT2D eigenvalue weighted by molar-refractivity contribution is 5.94. The number of fused-ring (bicyclic) bond motifs is 2. The molecule has 0 saturated carbocycles. The summed E-state index contributed by atoms with van der Waals surface area (Å²) >= 11 is 0. The highest BCUT2D eigenvalue weighted by Gasteiger charge is 2.15. The van der Waals surface area contributed by atoms with Gasteiger partial charge in [-0.1, -0.05) is 6.42 Å². The Morgan fingerprint density at radius 1 is 1.15 bits per heavy atom. The lowest BCUT2D eigenvalue weighted by atomic mass is 10.1. The normalized spacial score (nSPS) is 12.8. The summed E-state index contributed by atoms with van der Waals surface area (Å²) in [4.78, 5) is 4.42. The van der Waals surface area contributed by atoms with Crippen molar-refractivity contribution in [2.75, 3.05) is 25.2 Å². The number of nitrogens with two attached hydrogens (primary N) is 1. The molecule has 0 saturated heterocycles. The Labute approximate surface area is 118 Å². The number of anilines is 1. The maximum absolute atomic E-state index is 5.49. The number of benzene rings is 1. The van der Waals surface area contributed by atoms with Gasteiger partial charge in [-0.05, 0) is 43.0 Å². The minimum absolute atomic E-state index is 0.293. The Kier molecular flexibility index (Phi) is 3.87. The first-order valence-electron chi connectivity index (χ1n) is 7.01. The van der Waals surface area contributed by atoms with Crippen molar-refractivity contribution in [1.82, 2.24) is 4.98 Å². The van der Waals surface area contributed by atoms with Gasteiger partial charge in [0.15, 0.2) is 11.5 Å². The van der Waals surface area contributed by atoms with Crippen molar-refractivity contribution in [3.05, 3.63) is 24.4 Å². The van der Waals surface area contributed by atoms with Crippen LogP contribution < -0.4 is 20.5 Å². The lowest BCUT2D eigenvalue weighted by Gasteiger charge is -2.09. The molecule has 2 aromatic rings. The fraction of sp³-hybridized carbons (Fsp3) is 0.400. The number of aromatic nitrogens is 1. The minimum Gasteiger partial charge on any atom is -0.454 e. The topological polar surface area (TPSA) is 69.4 Å². The van der Waals surface area contributed by atoms with E-state index in [2.05, 4.69) is 10.3 Å². The molecule has 0 aliphatic carbocycles. The van der Waals surface area contributed by atoms with Gasteiger partial charge in [0.25, 0.3) is 0 Å². The van der Waals surface area contributed by atoms with Crippen LogP contribution in [0.5, 0.6) is 11.5 Å². The number of nitrogens with zero attached hydrogens (tertiary/aromatic N) is 1. The Balaban J connectivity index is 1.77. The molecule has 0 radical (unpaired) electrons. The maximum Gasteiger partial charge on any atom is 0.231 e. The van der Waals surface area contributed by atoms with Crippen LogP contribution >= 0.6 is 0 Å². The number of ether oxygens (including phenoxy) is 2. The second kappa shape index (κ2) is 5.96. The summed E-state index contributed by atoms with van der Waals surface area (Å²) in [6.07, 6.45) is 5.12. The van der Waals surface area contributed by atoms with Crippen molar-refractivity contribution in [3.8, 4) is 11.5 Å². The fourth-order valence-corrected chi connectivity index (χ4v) is 2.36. The third-order valence-electron chi connectivity index (χ3n) is 3.43. The Morgan fingerprint density at radius 2 is 2.00 bits per heavy atom. The van der Waals surface area contributed by atoms with E-state index in [0.717, 1.165) is 60.4 Å². The SMILES string of the molecule is NCCCCCNc1nccc2cc3c(cc12)OCO3. The van der Waals surface area contributed by atoms with Crippen LogP contribution in [0.25, 0.3) is 10.8 Å². The first kappa shape index (κ1) is 13.0. The molecule has 2 heterocycles. The minimum atomic E-state index is 0.293. The van der Waals surface area contributed by atoms with Gasteiger partial charge in [-0.15, -0.1) is 0 Å². The van der Waals surface area contributed by atoms with E-state index in [1.165, 1.54) is 0 Å². The molecule has 0 atom stereocenters. The van der Waals surface area contributed by atoms with Crippen LogP contribution in [0.3, 0.4) is 0 Å². The van der Waals surface area contributed by atoms with Crippen LogP contribution in [0.2, 0.25) is 0 Å². The van der Waals surface area contributed by atoms with E-state index in [-0.39, 0.29) is 0 Å². The molecule has 3 rings (SSSR count).